The van der Waals surface area contributed by atoms with Crippen LogP contribution in [-0.2, 0) is 11.3 Å². The van der Waals surface area contributed by atoms with Crippen molar-refractivity contribution in [3.05, 3.63) is 41.0 Å². The fraction of sp³-hybridized carbons (Fsp3) is 0.474. The Hall–Kier alpha value is -2.61. The molecule has 2 atom stereocenters. The van der Waals surface area contributed by atoms with Gasteiger partial charge in [0, 0.05) is 30.9 Å². The molecule has 7 nitrogen and oxygen atoms in total. The second kappa shape index (κ2) is 7.96. The molecule has 146 valence electrons. The summed E-state index contributed by atoms with van der Waals surface area (Å²) >= 11 is 0. The van der Waals surface area contributed by atoms with Crippen molar-refractivity contribution in [2.24, 2.45) is 0 Å². The molecule has 2 N–H and O–H groups in total. The van der Waals surface area contributed by atoms with Gasteiger partial charge in [0.05, 0.1) is 23.6 Å². The zero-order valence-corrected chi connectivity index (χ0v) is 16.0. The number of nitrogens with one attached hydrogen (secondary N) is 2. The predicted octanol–water partition coefficient (Wildman–Crippen LogP) is 3.37. The summed E-state index contributed by atoms with van der Waals surface area (Å²) in [6.07, 6.45) is 0.0853. The maximum absolute atomic E-state index is 14.6. The van der Waals surface area contributed by atoms with Crippen LogP contribution in [0.15, 0.2) is 22.7 Å². The zero-order chi connectivity index (χ0) is 19.6. The van der Waals surface area contributed by atoms with E-state index in [1.165, 1.54) is 6.07 Å². The highest BCUT2D eigenvalue weighted by molar-refractivity contribution is 5.89. The van der Waals surface area contributed by atoms with Crippen molar-refractivity contribution in [2.45, 2.75) is 46.4 Å². The minimum absolute atomic E-state index is 0.0426. The van der Waals surface area contributed by atoms with Crippen LogP contribution in [0.2, 0.25) is 0 Å². The number of halogens is 1. The molecule has 1 aliphatic heterocycles. The SMILES string of the molecule is Cc1noc(C)c1CNC(=O)Nc1ccc(N2C[C@@H](C)O[C@@H](C)C2)c(F)c1. The van der Waals surface area contributed by atoms with Gasteiger partial charge in [0.25, 0.3) is 0 Å². The molecule has 0 saturated carbocycles. The number of rotatable bonds is 4. The first kappa shape index (κ1) is 19.2. The molecule has 27 heavy (non-hydrogen) atoms. The predicted molar refractivity (Wildman–Crippen MR) is 100 cm³/mol. The summed E-state index contributed by atoms with van der Waals surface area (Å²) in [5.74, 6) is 0.289. The van der Waals surface area contributed by atoms with E-state index in [1.807, 2.05) is 25.7 Å². The van der Waals surface area contributed by atoms with Crippen molar-refractivity contribution in [3.63, 3.8) is 0 Å². The standard InChI is InChI=1S/C19H25FN4O3/c1-11-9-24(10-12(2)26-11)18-6-5-15(7-17(18)20)22-19(25)21-8-16-13(3)23-27-14(16)4/h5-7,11-12H,8-10H2,1-4H3,(H2,21,22,25)/t11-,12+. The van der Waals surface area contributed by atoms with Gasteiger partial charge in [-0.25, -0.2) is 9.18 Å². The van der Waals surface area contributed by atoms with Gasteiger partial charge in [0.15, 0.2) is 0 Å². The second-order valence-electron chi connectivity index (χ2n) is 6.94. The molecule has 8 heteroatoms. The number of benzene rings is 1. The van der Waals surface area contributed by atoms with Gasteiger partial charge in [0.1, 0.15) is 11.6 Å². The molecule has 2 heterocycles. The fourth-order valence-electron chi connectivity index (χ4n) is 3.31. The highest BCUT2D eigenvalue weighted by Gasteiger charge is 2.24. The number of ether oxygens (including phenoxy) is 1. The van der Waals surface area contributed by atoms with Crippen molar-refractivity contribution in [1.29, 1.82) is 0 Å². The fourth-order valence-corrected chi connectivity index (χ4v) is 3.31. The van der Waals surface area contributed by atoms with Crippen LogP contribution in [0.5, 0.6) is 0 Å². The molecule has 0 radical (unpaired) electrons. The monoisotopic (exact) mass is 376 g/mol. The Morgan fingerprint density at radius 1 is 1.30 bits per heavy atom. The number of urea groups is 1. The molecule has 1 fully saturated rings. The van der Waals surface area contributed by atoms with E-state index in [1.54, 1.807) is 19.1 Å². The topological polar surface area (TPSA) is 79.6 Å². The largest absolute Gasteiger partial charge is 0.372 e. The van der Waals surface area contributed by atoms with E-state index in [0.29, 0.717) is 30.2 Å². The number of aromatic nitrogens is 1. The van der Waals surface area contributed by atoms with Crippen LogP contribution in [0.1, 0.15) is 30.9 Å². The van der Waals surface area contributed by atoms with E-state index >= 15 is 0 Å². The van der Waals surface area contributed by atoms with Gasteiger partial charge in [-0.15, -0.1) is 0 Å². The highest BCUT2D eigenvalue weighted by atomic mass is 19.1. The molecule has 1 aromatic heterocycles. The molecular formula is C19H25FN4O3. The third-order valence-corrected chi connectivity index (χ3v) is 4.57. The normalized spacial score (nSPS) is 19.8. The van der Waals surface area contributed by atoms with E-state index in [4.69, 9.17) is 9.26 Å². The quantitative estimate of drug-likeness (QED) is 0.855. The molecule has 1 aliphatic rings. The van der Waals surface area contributed by atoms with Crippen LogP contribution in [0.25, 0.3) is 0 Å². The molecule has 2 amide bonds. The first-order valence-electron chi connectivity index (χ1n) is 9.00. The molecule has 3 rings (SSSR count). The average Bonchev–Trinajstić information content (AvgIpc) is 2.90. The summed E-state index contributed by atoms with van der Waals surface area (Å²) in [7, 11) is 0. The minimum Gasteiger partial charge on any atom is -0.372 e. The van der Waals surface area contributed by atoms with Gasteiger partial charge in [0.2, 0.25) is 0 Å². The number of carbonyl (C=O) groups is 1. The van der Waals surface area contributed by atoms with E-state index < -0.39 is 6.03 Å². The first-order valence-corrected chi connectivity index (χ1v) is 9.00. The van der Waals surface area contributed by atoms with E-state index in [2.05, 4.69) is 15.8 Å². The van der Waals surface area contributed by atoms with Gasteiger partial charge < -0.3 is 24.8 Å². The number of hydrogen-bond donors (Lipinski definition) is 2. The summed E-state index contributed by atoms with van der Waals surface area (Å²) < 4.78 is 25.3. The summed E-state index contributed by atoms with van der Waals surface area (Å²) in [5.41, 5.74) is 2.47. The summed E-state index contributed by atoms with van der Waals surface area (Å²) in [4.78, 5) is 14.1. The highest BCUT2D eigenvalue weighted by Crippen LogP contribution is 2.26. The van der Waals surface area contributed by atoms with Crippen molar-refractivity contribution < 1.29 is 18.4 Å². The number of morpholine rings is 1. The third kappa shape index (κ3) is 4.57. The molecule has 0 unspecified atom stereocenters. The van der Waals surface area contributed by atoms with Crippen LogP contribution in [0.4, 0.5) is 20.6 Å². The maximum atomic E-state index is 14.6. The lowest BCUT2D eigenvalue weighted by Crippen LogP contribution is -2.45. The van der Waals surface area contributed by atoms with Crippen LogP contribution in [-0.4, -0.2) is 36.5 Å². The lowest BCUT2D eigenvalue weighted by Gasteiger charge is -2.37. The van der Waals surface area contributed by atoms with Crippen molar-refractivity contribution in [1.82, 2.24) is 10.5 Å². The summed E-state index contributed by atoms with van der Waals surface area (Å²) in [6.45, 7) is 9.10. The summed E-state index contributed by atoms with van der Waals surface area (Å²) in [6, 6.07) is 4.29. The van der Waals surface area contributed by atoms with Crippen LogP contribution in [0.3, 0.4) is 0 Å². The van der Waals surface area contributed by atoms with Crippen molar-refractivity contribution in [3.8, 4) is 0 Å². The smallest absolute Gasteiger partial charge is 0.319 e. The molecule has 0 aliphatic carbocycles. The van der Waals surface area contributed by atoms with Gasteiger partial charge in [-0.05, 0) is 45.9 Å². The second-order valence-corrected chi connectivity index (χ2v) is 6.94. The molecule has 1 saturated heterocycles. The first-order chi connectivity index (χ1) is 12.8. The van der Waals surface area contributed by atoms with E-state index in [9.17, 15) is 9.18 Å². The zero-order valence-electron chi connectivity index (χ0n) is 16.0. The Labute approximate surface area is 157 Å². The molecule has 0 spiro atoms. The molecule has 2 aromatic rings. The average molecular weight is 376 g/mol. The Bertz CT molecular complexity index is 794. The van der Waals surface area contributed by atoms with Crippen molar-refractivity contribution >= 4 is 17.4 Å². The molecular weight excluding hydrogens is 351 g/mol. The number of nitrogens with zero attached hydrogens (tertiary/aromatic N) is 2. The Kier molecular flexibility index (Phi) is 5.65. The van der Waals surface area contributed by atoms with Crippen LogP contribution < -0.4 is 15.5 Å². The lowest BCUT2D eigenvalue weighted by molar-refractivity contribution is -0.00539. The summed E-state index contributed by atoms with van der Waals surface area (Å²) in [5, 5.41) is 9.22. The number of hydrogen-bond acceptors (Lipinski definition) is 5. The third-order valence-electron chi connectivity index (χ3n) is 4.57. The van der Waals surface area contributed by atoms with Crippen molar-refractivity contribution in [2.75, 3.05) is 23.3 Å². The Morgan fingerprint density at radius 3 is 2.59 bits per heavy atom. The van der Waals surface area contributed by atoms with Gasteiger partial charge >= 0.3 is 6.03 Å². The van der Waals surface area contributed by atoms with Crippen LogP contribution in [0, 0.1) is 19.7 Å². The number of carbonyl (C=O) groups excluding carboxylic acids is 1. The van der Waals surface area contributed by atoms with Crippen LogP contribution >= 0.6 is 0 Å². The lowest BCUT2D eigenvalue weighted by atomic mass is 10.2. The maximum Gasteiger partial charge on any atom is 0.319 e. The minimum atomic E-state index is -0.421. The number of anilines is 2. The van der Waals surface area contributed by atoms with Gasteiger partial charge in [-0.3, -0.25) is 0 Å². The van der Waals surface area contributed by atoms with E-state index in [0.717, 1.165) is 11.3 Å². The van der Waals surface area contributed by atoms with Gasteiger partial charge in [-0.2, -0.15) is 0 Å². The Morgan fingerprint density at radius 2 is 2.00 bits per heavy atom. The molecule has 1 aromatic carbocycles. The number of aryl methyl sites for hydroxylation is 2. The molecule has 0 bridgehead atoms. The Balaban J connectivity index is 1.61. The number of amides is 2. The van der Waals surface area contributed by atoms with Gasteiger partial charge in [-0.1, -0.05) is 5.16 Å². The van der Waals surface area contributed by atoms with E-state index in [-0.39, 0.29) is 24.6 Å².